The molecule has 1 heterocycles. The monoisotopic (exact) mass is 360 g/mol. The highest BCUT2D eigenvalue weighted by atomic mass is 16.5. The Morgan fingerprint density at radius 2 is 1.96 bits per heavy atom. The number of aliphatic imine (C=N–C) groups is 1. The molecule has 2 rings (SSSR count). The number of esters is 1. The van der Waals surface area contributed by atoms with Crippen molar-refractivity contribution >= 4 is 29.3 Å². The molecule has 26 heavy (non-hydrogen) atoms. The lowest BCUT2D eigenvalue weighted by molar-refractivity contribution is -0.145. The van der Waals surface area contributed by atoms with Crippen LogP contribution in [-0.2, 0) is 19.1 Å². The third-order valence-corrected chi connectivity index (χ3v) is 3.85. The molecule has 2 unspecified atom stereocenters. The number of amidine groups is 1. The SMILES string of the molecule is COC(=O)C(CC(C)C)NC(=O)C1=NC(C)C(=O)N(c2ccccc2)N1. The Bertz CT molecular complexity index is 702. The molecule has 2 atom stereocenters. The van der Waals surface area contributed by atoms with E-state index >= 15 is 0 Å². The maximum atomic E-state index is 12.6. The van der Waals surface area contributed by atoms with Gasteiger partial charge in [0.1, 0.15) is 12.1 Å². The number of anilines is 1. The van der Waals surface area contributed by atoms with Crippen LogP contribution in [0.25, 0.3) is 0 Å². The summed E-state index contributed by atoms with van der Waals surface area (Å²) in [6.45, 7) is 5.49. The van der Waals surface area contributed by atoms with Gasteiger partial charge in [-0.3, -0.25) is 15.0 Å². The minimum absolute atomic E-state index is 0.0291. The lowest BCUT2D eigenvalue weighted by Gasteiger charge is -2.31. The lowest BCUT2D eigenvalue weighted by Crippen LogP contribution is -2.59. The van der Waals surface area contributed by atoms with Gasteiger partial charge < -0.3 is 10.1 Å². The maximum Gasteiger partial charge on any atom is 0.328 e. The molecular formula is C18H24N4O4. The molecule has 0 bridgehead atoms. The minimum Gasteiger partial charge on any atom is -0.467 e. The van der Waals surface area contributed by atoms with Crippen LogP contribution in [0.15, 0.2) is 35.3 Å². The largest absolute Gasteiger partial charge is 0.467 e. The number of carbonyl (C=O) groups excluding carboxylic acids is 3. The van der Waals surface area contributed by atoms with Gasteiger partial charge in [0.2, 0.25) is 5.84 Å². The highest BCUT2D eigenvalue weighted by Crippen LogP contribution is 2.16. The second-order valence-corrected chi connectivity index (χ2v) is 6.45. The van der Waals surface area contributed by atoms with Crippen molar-refractivity contribution in [3.63, 3.8) is 0 Å². The lowest BCUT2D eigenvalue weighted by atomic mass is 10.0. The van der Waals surface area contributed by atoms with Gasteiger partial charge in [0, 0.05) is 0 Å². The van der Waals surface area contributed by atoms with Gasteiger partial charge in [0.15, 0.2) is 0 Å². The summed E-state index contributed by atoms with van der Waals surface area (Å²) in [6.07, 6.45) is 0.433. The predicted molar refractivity (Wildman–Crippen MR) is 97.4 cm³/mol. The molecule has 0 fully saturated rings. The van der Waals surface area contributed by atoms with Crippen LogP contribution in [0.4, 0.5) is 5.69 Å². The van der Waals surface area contributed by atoms with E-state index in [2.05, 4.69) is 15.7 Å². The summed E-state index contributed by atoms with van der Waals surface area (Å²) in [7, 11) is 1.27. The van der Waals surface area contributed by atoms with Gasteiger partial charge in [-0.05, 0) is 31.4 Å². The molecule has 140 valence electrons. The van der Waals surface area contributed by atoms with Gasteiger partial charge >= 0.3 is 5.97 Å². The number of amides is 2. The third kappa shape index (κ3) is 4.59. The normalized spacial score (nSPS) is 18.0. The van der Waals surface area contributed by atoms with Crippen LogP contribution in [0.2, 0.25) is 0 Å². The quantitative estimate of drug-likeness (QED) is 0.738. The molecule has 0 aliphatic carbocycles. The van der Waals surface area contributed by atoms with Crippen molar-refractivity contribution in [1.82, 2.24) is 10.7 Å². The van der Waals surface area contributed by atoms with Gasteiger partial charge in [-0.25, -0.2) is 14.8 Å². The topological polar surface area (TPSA) is 100 Å². The number of nitrogens with one attached hydrogen (secondary N) is 2. The summed E-state index contributed by atoms with van der Waals surface area (Å²) < 4.78 is 4.75. The standard InChI is InChI=1S/C18H24N4O4/c1-11(2)10-14(18(25)26-4)20-16(23)15-19-12(3)17(24)22(21-15)13-8-6-5-7-9-13/h5-9,11-12,14H,10H2,1-4H3,(H,19,21)(H,20,23). The van der Waals surface area contributed by atoms with E-state index in [0.29, 0.717) is 12.1 Å². The molecule has 1 aromatic rings. The molecule has 8 nitrogen and oxygen atoms in total. The number of benzene rings is 1. The first-order valence-corrected chi connectivity index (χ1v) is 8.45. The number of hydrogen-bond acceptors (Lipinski definition) is 6. The fourth-order valence-corrected chi connectivity index (χ4v) is 2.56. The fraction of sp³-hybridized carbons (Fsp3) is 0.444. The van der Waals surface area contributed by atoms with Gasteiger partial charge in [-0.15, -0.1) is 0 Å². The van der Waals surface area contributed by atoms with E-state index in [4.69, 9.17) is 4.74 Å². The zero-order chi connectivity index (χ0) is 19.3. The van der Waals surface area contributed by atoms with Crippen LogP contribution >= 0.6 is 0 Å². The van der Waals surface area contributed by atoms with Gasteiger partial charge in [-0.2, -0.15) is 0 Å². The molecule has 0 radical (unpaired) electrons. The predicted octanol–water partition coefficient (Wildman–Crippen LogP) is 1.03. The van der Waals surface area contributed by atoms with E-state index in [0.717, 1.165) is 0 Å². The highest BCUT2D eigenvalue weighted by Gasteiger charge is 2.32. The maximum absolute atomic E-state index is 12.6. The van der Waals surface area contributed by atoms with Crippen LogP contribution in [0.5, 0.6) is 0 Å². The number of hydrazine groups is 1. The number of para-hydroxylation sites is 1. The molecule has 1 aliphatic heterocycles. The second-order valence-electron chi connectivity index (χ2n) is 6.45. The first kappa shape index (κ1) is 19.4. The van der Waals surface area contributed by atoms with Crippen LogP contribution in [0.3, 0.4) is 0 Å². The zero-order valence-electron chi connectivity index (χ0n) is 15.4. The van der Waals surface area contributed by atoms with E-state index in [1.165, 1.54) is 12.1 Å². The Morgan fingerprint density at radius 1 is 1.31 bits per heavy atom. The molecule has 0 spiro atoms. The van der Waals surface area contributed by atoms with Crippen molar-refractivity contribution in [1.29, 1.82) is 0 Å². The van der Waals surface area contributed by atoms with Gasteiger partial charge in [-0.1, -0.05) is 32.0 Å². The van der Waals surface area contributed by atoms with Gasteiger partial charge in [0.25, 0.3) is 11.8 Å². The van der Waals surface area contributed by atoms with Crippen molar-refractivity contribution in [2.45, 2.75) is 39.3 Å². The molecular weight excluding hydrogens is 336 g/mol. The number of nitrogens with zero attached hydrogens (tertiary/aromatic N) is 2. The van der Waals surface area contributed by atoms with E-state index < -0.39 is 24.0 Å². The summed E-state index contributed by atoms with van der Waals surface area (Å²) >= 11 is 0. The number of ether oxygens (including phenoxy) is 1. The Labute approximate surface area is 152 Å². The molecule has 1 aromatic carbocycles. The number of carbonyl (C=O) groups is 3. The average molecular weight is 360 g/mol. The average Bonchev–Trinajstić information content (AvgIpc) is 2.62. The number of methoxy groups -OCH3 is 1. The van der Waals surface area contributed by atoms with Crippen LogP contribution in [0, 0.1) is 5.92 Å². The van der Waals surface area contributed by atoms with Crippen LogP contribution in [-0.4, -0.2) is 42.8 Å². The van der Waals surface area contributed by atoms with Crippen molar-refractivity contribution in [2.24, 2.45) is 10.9 Å². The summed E-state index contributed by atoms with van der Waals surface area (Å²) in [5.74, 6) is -1.21. The summed E-state index contributed by atoms with van der Waals surface area (Å²) in [5, 5.41) is 3.91. The van der Waals surface area contributed by atoms with E-state index in [1.807, 2.05) is 19.9 Å². The van der Waals surface area contributed by atoms with Crippen molar-refractivity contribution in [3.8, 4) is 0 Å². The van der Waals surface area contributed by atoms with Crippen LogP contribution < -0.4 is 15.8 Å². The van der Waals surface area contributed by atoms with E-state index in [9.17, 15) is 14.4 Å². The molecule has 1 aliphatic rings. The summed E-state index contributed by atoms with van der Waals surface area (Å²) in [6, 6.07) is 7.39. The van der Waals surface area contributed by atoms with E-state index in [-0.39, 0.29) is 17.7 Å². The molecule has 0 aromatic heterocycles. The Balaban J connectivity index is 2.18. The summed E-state index contributed by atoms with van der Waals surface area (Å²) in [4.78, 5) is 41.0. The smallest absolute Gasteiger partial charge is 0.328 e. The number of hydrogen-bond donors (Lipinski definition) is 2. The first-order chi connectivity index (χ1) is 12.3. The Hall–Kier alpha value is -2.90. The minimum atomic E-state index is -0.782. The Morgan fingerprint density at radius 3 is 2.54 bits per heavy atom. The van der Waals surface area contributed by atoms with E-state index in [1.54, 1.807) is 31.2 Å². The molecule has 2 N–H and O–H groups in total. The van der Waals surface area contributed by atoms with Gasteiger partial charge in [0.05, 0.1) is 12.8 Å². The molecule has 2 amide bonds. The summed E-state index contributed by atoms with van der Waals surface area (Å²) in [5.41, 5.74) is 3.33. The molecule has 0 saturated heterocycles. The second kappa shape index (κ2) is 8.46. The third-order valence-electron chi connectivity index (χ3n) is 3.85. The van der Waals surface area contributed by atoms with Crippen molar-refractivity contribution in [2.75, 3.05) is 12.1 Å². The highest BCUT2D eigenvalue weighted by molar-refractivity contribution is 6.39. The number of rotatable bonds is 6. The first-order valence-electron chi connectivity index (χ1n) is 8.45. The van der Waals surface area contributed by atoms with Crippen LogP contribution in [0.1, 0.15) is 27.2 Å². The van der Waals surface area contributed by atoms with Crippen molar-refractivity contribution in [3.05, 3.63) is 30.3 Å². The Kier molecular flexibility index (Phi) is 6.32. The fourth-order valence-electron chi connectivity index (χ4n) is 2.56. The zero-order valence-corrected chi connectivity index (χ0v) is 15.4. The molecule has 8 heteroatoms. The molecule has 0 saturated carbocycles. The van der Waals surface area contributed by atoms with Crippen molar-refractivity contribution < 1.29 is 19.1 Å².